The average Bonchev–Trinajstić information content (AvgIpc) is 2.46. The van der Waals surface area contributed by atoms with Crippen molar-refractivity contribution in [1.82, 2.24) is 15.6 Å². The molecule has 2 aliphatic heterocycles. The number of rotatable bonds is 4. The first-order chi connectivity index (χ1) is 9.31. The highest BCUT2D eigenvalue weighted by Crippen LogP contribution is 2.12. The molecule has 0 aromatic carbocycles. The maximum absolute atomic E-state index is 6.20. The summed E-state index contributed by atoms with van der Waals surface area (Å²) < 4.78 is 0. The monoisotopic (exact) mass is 266 g/mol. The normalized spacial score (nSPS) is 29.0. The quantitative estimate of drug-likeness (QED) is 0.299. The molecule has 0 aromatic heterocycles. The van der Waals surface area contributed by atoms with E-state index in [-0.39, 0.29) is 6.04 Å². The van der Waals surface area contributed by atoms with Crippen molar-refractivity contribution in [3.63, 3.8) is 0 Å². The average molecular weight is 266 g/mol. The van der Waals surface area contributed by atoms with Crippen molar-refractivity contribution < 1.29 is 0 Å². The molecule has 0 amide bonds. The van der Waals surface area contributed by atoms with E-state index >= 15 is 0 Å². The highest BCUT2D eigenvalue weighted by molar-refractivity contribution is 5.87. The molecular weight excluding hydrogens is 240 g/mol. The van der Waals surface area contributed by atoms with Crippen molar-refractivity contribution in [2.24, 2.45) is 16.0 Å². The summed E-state index contributed by atoms with van der Waals surface area (Å²) in [6.07, 6.45) is 7.23. The summed E-state index contributed by atoms with van der Waals surface area (Å²) in [6, 6.07) is 0.671. The van der Waals surface area contributed by atoms with E-state index in [1.165, 1.54) is 32.1 Å². The van der Waals surface area contributed by atoms with Gasteiger partial charge in [-0.25, -0.2) is 5.84 Å². The Hall–Kier alpha value is -0.980. The third kappa shape index (κ3) is 4.26. The number of amidine groups is 1. The smallest absolute Gasteiger partial charge is 0.158 e. The number of hydrogen-bond acceptors (Lipinski definition) is 5. The van der Waals surface area contributed by atoms with Gasteiger partial charge in [-0.15, -0.1) is 5.10 Å². The number of nitrogens with zero attached hydrogens (tertiary/aromatic N) is 3. The lowest BCUT2D eigenvalue weighted by Gasteiger charge is -2.33. The third-order valence-electron chi connectivity index (χ3n) is 3.92. The van der Waals surface area contributed by atoms with Gasteiger partial charge in [0, 0.05) is 12.8 Å². The first-order valence-corrected chi connectivity index (χ1v) is 7.34. The molecule has 2 atom stereocenters. The van der Waals surface area contributed by atoms with Crippen LogP contribution in [0.2, 0.25) is 0 Å². The van der Waals surface area contributed by atoms with Crippen LogP contribution in [0.4, 0.5) is 0 Å². The predicted octanol–water partition coefficient (Wildman–Crippen LogP) is 0.460. The minimum atomic E-state index is 0.216. The molecule has 0 bridgehead atoms. The minimum Gasteiger partial charge on any atom is -0.312 e. The molecule has 0 aromatic rings. The van der Waals surface area contributed by atoms with Crippen LogP contribution in [0.15, 0.2) is 10.2 Å². The van der Waals surface area contributed by atoms with E-state index in [4.69, 9.17) is 5.84 Å². The fourth-order valence-corrected chi connectivity index (χ4v) is 2.88. The summed E-state index contributed by atoms with van der Waals surface area (Å²) in [5.41, 5.74) is 0. The van der Waals surface area contributed by atoms with Gasteiger partial charge in [0.1, 0.15) is 0 Å². The van der Waals surface area contributed by atoms with Crippen molar-refractivity contribution in [3.8, 4) is 0 Å². The van der Waals surface area contributed by atoms with Crippen molar-refractivity contribution in [2.45, 2.75) is 50.6 Å². The van der Waals surface area contributed by atoms with Crippen LogP contribution in [0.25, 0.3) is 0 Å². The van der Waals surface area contributed by atoms with Crippen LogP contribution < -0.4 is 16.5 Å². The molecule has 2 aliphatic rings. The van der Waals surface area contributed by atoms with Crippen LogP contribution in [0, 0.1) is 0 Å². The second kappa shape index (κ2) is 7.57. The SMILES string of the molecule is C=N/N=C(/C1CCCCN1)N(N)CC1CCCCN1. The number of hydrazine groups is 1. The van der Waals surface area contributed by atoms with E-state index in [2.05, 4.69) is 27.6 Å². The maximum atomic E-state index is 6.20. The van der Waals surface area contributed by atoms with E-state index in [1.807, 2.05) is 0 Å². The Morgan fingerprint density at radius 2 is 1.89 bits per heavy atom. The first kappa shape index (κ1) is 14.4. The molecule has 0 aliphatic carbocycles. The molecular formula is C13H26N6. The van der Waals surface area contributed by atoms with Crippen molar-refractivity contribution in [1.29, 1.82) is 0 Å². The van der Waals surface area contributed by atoms with Crippen LogP contribution in [0.1, 0.15) is 38.5 Å². The maximum Gasteiger partial charge on any atom is 0.158 e. The Kier molecular flexibility index (Phi) is 5.75. The molecule has 108 valence electrons. The zero-order valence-corrected chi connectivity index (χ0v) is 11.6. The Balaban J connectivity index is 1.93. The Morgan fingerprint density at radius 1 is 1.16 bits per heavy atom. The van der Waals surface area contributed by atoms with Crippen LogP contribution in [-0.2, 0) is 0 Å². The first-order valence-electron chi connectivity index (χ1n) is 7.34. The zero-order valence-electron chi connectivity index (χ0n) is 11.6. The highest BCUT2D eigenvalue weighted by atomic mass is 15.5. The molecule has 0 spiro atoms. The Labute approximate surface area is 115 Å². The molecule has 19 heavy (non-hydrogen) atoms. The third-order valence-corrected chi connectivity index (χ3v) is 3.92. The summed E-state index contributed by atoms with van der Waals surface area (Å²) in [7, 11) is 0. The number of nitrogens with two attached hydrogens (primary N) is 1. The summed E-state index contributed by atoms with van der Waals surface area (Å²) in [5.74, 6) is 7.02. The standard InChI is InChI=1S/C13H26N6/c1-15-18-13(12-7-3-5-9-17-12)19(14)10-11-6-2-4-8-16-11/h11-12,16-17H,1-10,14H2/b18-13-. The van der Waals surface area contributed by atoms with Gasteiger partial charge in [-0.2, -0.15) is 5.10 Å². The minimum absolute atomic E-state index is 0.216. The lowest BCUT2D eigenvalue weighted by Crippen LogP contribution is -2.55. The number of nitrogens with one attached hydrogen (secondary N) is 2. The highest BCUT2D eigenvalue weighted by Gasteiger charge is 2.24. The fraction of sp³-hybridized carbons (Fsp3) is 0.846. The van der Waals surface area contributed by atoms with Crippen LogP contribution in [0.5, 0.6) is 0 Å². The second-order valence-corrected chi connectivity index (χ2v) is 5.40. The van der Waals surface area contributed by atoms with Gasteiger partial charge in [0.25, 0.3) is 0 Å². The lowest BCUT2D eigenvalue weighted by atomic mass is 10.0. The molecule has 0 radical (unpaired) electrons. The molecule has 6 nitrogen and oxygen atoms in total. The van der Waals surface area contributed by atoms with Crippen molar-refractivity contribution in [2.75, 3.05) is 19.6 Å². The molecule has 2 unspecified atom stereocenters. The summed E-state index contributed by atoms with van der Waals surface area (Å²) in [4.78, 5) is 0. The van der Waals surface area contributed by atoms with Gasteiger partial charge < -0.3 is 10.6 Å². The molecule has 2 saturated heterocycles. The molecule has 2 rings (SSSR count). The van der Waals surface area contributed by atoms with Crippen LogP contribution in [-0.4, -0.2) is 49.3 Å². The van der Waals surface area contributed by atoms with Crippen molar-refractivity contribution >= 4 is 12.6 Å². The van der Waals surface area contributed by atoms with Crippen LogP contribution >= 0.6 is 0 Å². The molecule has 6 heteroatoms. The Bertz CT molecular complexity index is 304. The van der Waals surface area contributed by atoms with Gasteiger partial charge in [-0.05, 0) is 38.8 Å². The van der Waals surface area contributed by atoms with Gasteiger partial charge in [0.2, 0.25) is 0 Å². The van der Waals surface area contributed by atoms with E-state index in [0.717, 1.165) is 31.9 Å². The lowest BCUT2D eigenvalue weighted by molar-refractivity contribution is 0.299. The molecule has 4 N–H and O–H groups in total. The zero-order chi connectivity index (χ0) is 13.5. The van der Waals surface area contributed by atoms with E-state index in [9.17, 15) is 0 Å². The van der Waals surface area contributed by atoms with Crippen LogP contribution in [0.3, 0.4) is 0 Å². The van der Waals surface area contributed by atoms with Gasteiger partial charge >= 0.3 is 0 Å². The molecule has 2 heterocycles. The summed E-state index contributed by atoms with van der Waals surface area (Å²) >= 11 is 0. The van der Waals surface area contributed by atoms with Crippen molar-refractivity contribution in [3.05, 3.63) is 0 Å². The van der Waals surface area contributed by atoms with E-state index < -0.39 is 0 Å². The van der Waals surface area contributed by atoms with Gasteiger partial charge in [0.05, 0.1) is 12.6 Å². The van der Waals surface area contributed by atoms with E-state index in [1.54, 1.807) is 5.01 Å². The Morgan fingerprint density at radius 3 is 2.47 bits per heavy atom. The van der Waals surface area contributed by atoms with Gasteiger partial charge in [-0.3, -0.25) is 5.01 Å². The molecule has 2 fully saturated rings. The summed E-state index contributed by atoms with van der Waals surface area (Å²) in [6.45, 7) is 6.36. The number of piperidine rings is 2. The topological polar surface area (TPSA) is 78.0 Å². The second-order valence-electron chi connectivity index (χ2n) is 5.40. The predicted molar refractivity (Wildman–Crippen MR) is 79.2 cm³/mol. The molecule has 0 saturated carbocycles. The summed E-state index contributed by atoms with van der Waals surface area (Å²) in [5, 5.41) is 16.6. The van der Waals surface area contributed by atoms with Gasteiger partial charge in [0.15, 0.2) is 5.84 Å². The largest absolute Gasteiger partial charge is 0.312 e. The van der Waals surface area contributed by atoms with E-state index in [0.29, 0.717) is 6.04 Å². The fourth-order valence-electron chi connectivity index (χ4n) is 2.88. The number of hydrogen-bond donors (Lipinski definition) is 3. The van der Waals surface area contributed by atoms with Gasteiger partial charge in [-0.1, -0.05) is 12.8 Å².